The number of ether oxygens (including phenoxy) is 1. The van der Waals surface area contributed by atoms with Crippen molar-refractivity contribution in [3.8, 4) is 5.75 Å². The fraction of sp³-hybridized carbons (Fsp3) is 0.182. The number of benzene rings is 3. The first-order valence-electron chi connectivity index (χ1n) is 8.17. The average Bonchev–Trinajstić information content (AvgIpc) is 2.67. The molecule has 0 spiro atoms. The maximum absolute atomic E-state index is 5.23. The number of hydrogen-bond acceptors (Lipinski definition) is 1. The van der Waals surface area contributed by atoms with Gasteiger partial charge < -0.3 is 0 Å². The second kappa shape index (κ2) is 8.73. The summed E-state index contributed by atoms with van der Waals surface area (Å²) in [6.45, 7) is 0. The summed E-state index contributed by atoms with van der Waals surface area (Å²) in [6.07, 6.45) is 0. The van der Waals surface area contributed by atoms with Crippen molar-refractivity contribution in [1.29, 1.82) is 0 Å². The van der Waals surface area contributed by atoms with Gasteiger partial charge in [0.15, 0.2) is 0 Å². The van der Waals surface area contributed by atoms with Crippen molar-refractivity contribution in [3.63, 3.8) is 0 Å². The van der Waals surface area contributed by atoms with Crippen molar-refractivity contribution in [2.24, 2.45) is 0 Å². The molecular formula is C22H22OSe. The standard InChI is InChI=1S/C22H22OSe/c1-23-21-14-12-18(13-15-21)16-24-17-22(19-8-4-2-5-9-19)20-10-6-3-7-11-20/h2-15,22H,16-17H2,1H3. The molecule has 3 aromatic rings. The zero-order valence-corrected chi connectivity index (χ0v) is 15.6. The predicted molar refractivity (Wildman–Crippen MR) is 102 cm³/mol. The first-order valence-corrected chi connectivity index (χ1v) is 10.6. The van der Waals surface area contributed by atoms with Crippen LogP contribution in [0.3, 0.4) is 0 Å². The molecule has 0 unspecified atom stereocenters. The SMILES string of the molecule is COc1ccc(C[Se]CC(c2ccccc2)c2ccccc2)cc1. The van der Waals surface area contributed by atoms with E-state index in [1.807, 2.05) is 0 Å². The Morgan fingerprint density at radius 3 is 1.79 bits per heavy atom. The van der Waals surface area contributed by atoms with Crippen LogP contribution in [-0.2, 0) is 5.32 Å². The van der Waals surface area contributed by atoms with Crippen LogP contribution in [0.25, 0.3) is 0 Å². The maximum atomic E-state index is 5.23. The van der Waals surface area contributed by atoms with Gasteiger partial charge in [0, 0.05) is 0 Å². The van der Waals surface area contributed by atoms with E-state index in [1.54, 1.807) is 7.11 Å². The first-order chi connectivity index (χ1) is 11.9. The van der Waals surface area contributed by atoms with Crippen molar-refractivity contribution in [3.05, 3.63) is 102 Å². The Morgan fingerprint density at radius 2 is 1.29 bits per heavy atom. The summed E-state index contributed by atoms with van der Waals surface area (Å²) in [4.78, 5) is 0. The van der Waals surface area contributed by atoms with E-state index in [-0.39, 0.29) is 0 Å². The topological polar surface area (TPSA) is 9.23 Å². The Hall–Kier alpha value is -2.02. The molecule has 0 amide bonds. The van der Waals surface area contributed by atoms with E-state index in [2.05, 4.69) is 84.9 Å². The molecule has 24 heavy (non-hydrogen) atoms. The molecule has 3 rings (SSSR count). The van der Waals surface area contributed by atoms with Crippen molar-refractivity contribution >= 4 is 15.0 Å². The van der Waals surface area contributed by atoms with Crippen LogP contribution in [0.1, 0.15) is 22.6 Å². The molecule has 3 aromatic carbocycles. The molecule has 0 saturated heterocycles. The molecule has 1 nitrogen and oxygen atoms in total. The quantitative estimate of drug-likeness (QED) is 0.515. The third-order valence-electron chi connectivity index (χ3n) is 4.12. The van der Waals surface area contributed by atoms with Crippen LogP contribution in [0.4, 0.5) is 0 Å². The summed E-state index contributed by atoms with van der Waals surface area (Å²) < 4.78 is 5.23. The molecule has 0 aromatic heterocycles. The second-order valence-corrected chi connectivity index (χ2v) is 7.90. The van der Waals surface area contributed by atoms with E-state index < -0.39 is 0 Å². The normalized spacial score (nSPS) is 10.8. The van der Waals surface area contributed by atoms with Crippen molar-refractivity contribution in [2.45, 2.75) is 16.6 Å². The molecule has 0 bridgehead atoms. The summed E-state index contributed by atoms with van der Waals surface area (Å²) in [6, 6.07) is 30.2. The molecule has 0 saturated carbocycles. The first kappa shape index (κ1) is 16.8. The van der Waals surface area contributed by atoms with Gasteiger partial charge in [-0.1, -0.05) is 0 Å². The number of rotatable bonds is 7. The van der Waals surface area contributed by atoms with Gasteiger partial charge in [-0.3, -0.25) is 0 Å². The summed E-state index contributed by atoms with van der Waals surface area (Å²) in [7, 11) is 1.71. The van der Waals surface area contributed by atoms with Crippen LogP contribution < -0.4 is 4.74 Å². The van der Waals surface area contributed by atoms with Gasteiger partial charge in [-0.2, -0.15) is 0 Å². The van der Waals surface area contributed by atoms with Crippen LogP contribution in [0.15, 0.2) is 84.9 Å². The molecule has 0 N–H and O–H groups in total. The molecule has 0 heterocycles. The molecular weight excluding hydrogens is 359 g/mol. The summed E-state index contributed by atoms with van der Waals surface area (Å²) in [5, 5.41) is 2.38. The minimum atomic E-state index is 0.491. The van der Waals surface area contributed by atoms with E-state index in [0.717, 1.165) is 11.1 Å². The predicted octanol–water partition coefficient (Wildman–Crippen LogP) is 5.15. The Bertz CT molecular complexity index is 683. The molecule has 0 fully saturated rings. The van der Waals surface area contributed by atoms with Crippen molar-refractivity contribution < 1.29 is 4.74 Å². The fourth-order valence-corrected chi connectivity index (χ4v) is 5.22. The van der Waals surface area contributed by atoms with E-state index in [9.17, 15) is 0 Å². The summed E-state index contributed by atoms with van der Waals surface area (Å²) >= 11 is 0.560. The molecule has 0 aliphatic rings. The summed E-state index contributed by atoms with van der Waals surface area (Å²) in [5.41, 5.74) is 4.23. The van der Waals surface area contributed by atoms with E-state index >= 15 is 0 Å². The Kier molecular flexibility index (Phi) is 6.12. The minimum absolute atomic E-state index is 0.491. The third kappa shape index (κ3) is 4.50. The van der Waals surface area contributed by atoms with Gasteiger partial charge in [-0.15, -0.1) is 0 Å². The van der Waals surface area contributed by atoms with Crippen molar-refractivity contribution in [2.75, 3.05) is 7.11 Å². The van der Waals surface area contributed by atoms with Gasteiger partial charge >= 0.3 is 151 Å². The van der Waals surface area contributed by atoms with Crippen LogP contribution in [-0.4, -0.2) is 22.1 Å². The average molecular weight is 381 g/mol. The monoisotopic (exact) mass is 382 g/mol. The van der Waals surface area contributed by atoms with Gasteiger partial charge in [-0.05, 0) is 0 Å². The van der Waals surface area contributed by atoms with Crippen molar-refractivity contribution in [1.82, 2.24) is 0 Å². The Balaban J connectivity index is 1.68. The second-order valence-electron chi connectivity index (χ2n) is 5.74. The fourth-order valence-electron chi connectivity index (χ4n) is 2.77. The van der Waals surface area contributed by atoms with Gasteiger partial charge in [-0.25, -0.2) is 0 Å². The van der Waals surface area contributed by atoms with Gasteiger partial charge in [0.1, 0.15) is 0 Å². The van der Waals surface area contributed by atoms with Crippen LogP contribution in [0, 0.1) is 0 Å². The Morgan fingerprint density at radius 1 is 0.750 bits per heavy atom. The molecule has 122 valence electrons. The summed E-state index contributed by atoms with van der Waals surface area (Å²) in [5.74, 6) is 1.42. The number of methoxy groups -OCH3 is 1. The zero-order chi connectivity index (χ0) is 16.6. The molecule has 0 radical (unpaired) electrons. The van der Waals surface area contributed by atoms with Gasteiger partial charge in [0.2, 0.25) is 0 Å². The molecule has 0 aliphatic heterocycles. The molecule has 0 aliphatic carbocycles. The van der Waals surface area contributed by atoms with Gasteiger partial charge in [0.05, 0.1) is 0 Å². The molecule has 0 atom stereocenters. The molecule has 2 heteroatoms. The van der Waals surface area contributed by atoms with Crippen LogP contribution in [0.2, 0.25) is 5.32 Å². The van der Waals surface area contributed by atoms with E-state index in [0.29, 0.717) is 20.9 Å². The van der Waals surface area contributed by atoms with E-state index in [1.165, 1.54) is 22.0 Å². The van der Waals surface area contributed by atoms with Gasteiger partial charge in [0.25, 0.3) is 0 Å². The third-order valence-corrected chi connectivity index (χ3v) is 6.44. The number of hydrogen-bond donors (Lipinski definition) is 0. The van der Waals surface area contributed by atoms with E-state index in [4.69, 9.17) is 4.74 Å². The van der Waals surface area contributed by atoms with Crippen LogP contribution >= 0.6 is 0 Å². The zero-order valence-electron chi connectivity index (χ0n) is 13.9. The van der Waals surface area contributed by atoms with Crippen LogP contribution in [0.5, 0.6) is 5.75 Å². The Labute approximate surface area is 150 Å².